The van der Waals surface area contributed by atoms with E-state index in [2.05, 4.69) is 22.8 Å². The number of fused-ring (bicyclic) bond motifs is 2. The summed E-state index contributed by atoms with van der Waals surface area (Å²) in [6.45, 7) is 7.56. The van der Waals surface area contributed by atoms with Gasteiger partial charge in [-0.3, -0.25) is 0 Å². The van der Waals surface area contributed by atoms with Crippen molar-refractivity contribution >= 4 is 33.1 Å². The minimum absolute atomic E-state index is 0.198. The molecule has 2 N–H and O–H groups in total. The van der Waals surface area contributed by atoms with Crippen LogP contribution in [0, 0.1) is 25.5 Å². The molecule has 0 aliphatic carbocycles. The quantitative estimate of drug-likeness (QED) is 0.310. The summed E-state index contributed by atoms with van der Waals surface area (Å²) in [5, 5.41) is 8.35. The van der Waals surface area contributed by atoms with E-state index in [9.17, 15) is 8.78 Å². The number of halogens is 2. The Labute approximate surface area is 210 Å². The van der Waals surface area contributed by atoms with Crippen LogP contribution < -0.4 is 10.6 Å². The van der Waals surface area contributed by atoms with E-state index in [0.29, 0.717) is 0 Å². The van der Waals surface area contributed by atoms with Crippen LogP contribution >= 0.6 is 0 Å². The molecule has 0 unspecified atom stereocenters. The van der Waals surface area contributed by atoms with E-state index in [1.807, 2.05) is 26.0 Å². The van der Waals surface area contributed by atoms with E-state index >= 15 is 0 Å². The first-order chi connectivity index (χ1) is 17.5. The summed E-state index contributed by atoms with van der Waals surface area (Å²) in [6.07, 6.45) is 8.26. The standard InChI is InChI=1S/2C15H16FNO/c2*1-10-7-12-8-13(16)9-14(15(12)18-10)11-3-2-5-17-6-4-11/h4,7-9,17H,2-3,5-6H2,1H3;3,7-9,17H,2,4-6H2,1H3. The molecule has 2 aliphatic rings. The van der Waals surface area contributed by atoms with Gasteiger partial charge in [-0.25, -0.2) is 8.78 Å². The van der Waals surface area contributed by atoms with Gasteiger partial charge in [0, 0.05) is 28.4 Å². The summed E-state index contributed by atoms with van der Waals surface area (Å²) in [6, 6.07) is 10.0. The van der Waals surface area contributed by atoms with Crippen LogP contribution in [0.15, 0.2) is 57.4 Å². The topological polar surface area (TPSA) is 50.3 Å². The Morgan fingerprint density at radius 1 is 0.667 bits per heavy atom. The zero-order chi connectivity index (χ0) is 25.1. The van der Waals surface area contributed by atoms with Gasteiger partial charge < -0.3 is 19.5 Å². The summed E-state index contributed by atoms with van der Waals surface area (Å²) in [5.74, 6) is 1.25. The Bertz CT molecular complexity index is 1330. The molecule has 4 nitrogen and oxygen atoms in total. The second-order valence-electron chi connectivity index (χ2n) is 9.51. The van der Waals surface area contributed by atoms with E-state index in [1.54, 1.807) is 12.1 Å². The third-order valence-corrected chi connectivity index (χ3v) is 6.68. The van der Waals surface area contributed by atoms with E-state index in [1.165, 1.54) is 23.3 Å². The normalized spacial score (nSPS) is 16.7. The third-order valence-electron chi connectivity index (χ3n) is 6.68. The smallest absolute Gasteiger partial charge is 0.141 e. The summed E-state index contributed by atoms with van der Waals surface area (Å²) < 4.78 is 38.8. The van der Waals surface area contributed by atoms with Crippen molar-refractivity contribution in [1.82, 2.24) is 10.6 Å². The van der Waals surface area contributed by atoms with Crippen LogP contribution in [0.4, 0.5) is 8.78 Å². The average molecular weight is 491 g/mol. The summed E-state index contributed by atoms with van der Waals surface area (Å²) in [7, 11) is 0. The number of hydrogen-bond donors (Lipinski definition) is 2. The molecule has 188 valence electrons. The monoisotopic (exact) mass is 490 g/mol. The van der Waals surface area contributed by atoms with Crippen LogP contribution in [0.2, 0.25) is 0 Å². The fraction of sp³-hybridized carbons (Fsp3) is 0.333. The van der Waals surface area contributed by atoms with Gasteiger partial charge in [0.1, 0.15) is 34.3 Å². The van der Waals surface area contributed by atoms with Crippen LogP contribution in [0.1, 0.15) is 48.3 Å². The number of nitrogens with one attached hydrogen (secondary N) is 2. The van der Waals surface area contributed by atoms with Gasteiger partial charge >= 0.3 is 0 Å². The highest BCUT2D eigenvalue weighted by Gasteiger charge is 2.15. The molecular formula is C30H32F2N2O2. The van der Waals surface area contributed by atoms with Crippen LogP contribution in [0.25, 0.3) is 33.1 Å². The van der Waals surface area contributed by atoms with Gasteiger partial charge in [0.25, 0.3) is 0 Å². The molecule has 4 aromatic rings. The van der Waals surface area contributed by atoms with E-state index in [-0.39, 0.29) is 11.6 Å². The molecule has 2 aromatic carbocycles. The minimum Gasteiger partial charge on any atom is -0.461 e. The molecule has 6 rings (SSSR count). The number of benzene rings is 2. The first-order valence-electron chi connectivity index (χ1n) is 12.7. The maximum atomic E-state index is 13.7. The van der Waals surface area contributed by atoms with Crippen molar-refractivity contribution < 1.29 is 17.6 Å². The molecule has 0 bridgehead atoms. The largest absolute Gasteiger partial charge is 0.461 e. The molecule has 4 heterocycles. The average Bonchev–Trinajstić information content (AvgIpc) is 3.15. The predicted octanol–water partition coefficient (Wildman–Crippen LogP) is 7.29. The highest BCUT2D eigenvalue weighted by Crippen LogP contribution is 2.32. The lowest BCUT2D eigenvalue weighted by Crippen LogP contribution is -2.13. The lowest BCUT2D eigenvalue weighted by atomic mass is 9.99. The lowest BCUT2D eigenvalue weighted by Gasteiger charge is -2.07. The van der Waals surface area contributed by atoms with Gasteiger partial charge in [0.05, 0.1) is 0 Å². The molecule has 0 spiro atoms. The predicted molar refractivity (Wildman–Crippen MR) is 142 cm³/mol. The van der Waals surface area contributed by atoms with Crippen LogP contribution in [-0.2, 0) is 0 Å². The van der Waals surface area contributed by atoms with Gasteiger partial charge in [-0.05, 0) is 107 Å². The maximum absolute atomic E-state index is 13.7. The molecule has 36 heavy (non-hydrogen) atoms. The third kappa shape index (κ3) is 5.45. The molecule has 0 amide bonds. The van der Waals surface area contributed by atoms with Crippen molar-refractivity contribution in [1.29, 1.82) is 0 Å². The fourth-order valence-corrected chi connectivity index (χ4v) is 5.06. The van der Waals surface area contributed by atoms with Gasteiger partial charge in [-0.2, -0.15) is 0 Å². The summed E-state index contributed by atoms with van der Waals surface area (Å²) >= 11 is 0. The Kier molecular flexibility index (Phi) is 7.35. The highest BCUT2D eigenvalue weighted by atomic mass is 19.1. The Morgan fingerprint density at radius 2 is 1.28 bits per heavy atom. The first-order valence-corrected chi connectivity index (χ1v) is 12.7. The number of rotatable bonds is 2. The molecule has 2 aromatic heterocycles. The Balaban J connectivity index is 0.000000148. The second-order valence-corrected chi connectivity index (χ2v) is 9.51. The van der Waals surface area contributed by atoms with E-state index < -0.39 is 0 Å². The number of allylic oxidation sites excluding steroid dienone is 1. The zero-order valence-corrected chi connectivity index (χ0v) is 20.8. The van der Waals surface area contributed by atoms with E-state index in [4.69, 9.17) is 8.83 Å². The first kappa shape index (κ1) is 24.5. The van der Waals surface area contributed by atoms with Crippen LogP contribution in [-0.4, -0.2) is 26.2 Å². The Hall–Kier alpha value is -3.22. The van der Waals surface area contributed by atoms with Crippen molar-refractivity contribution in [2.24, 2.45) is 0 Å². The van der Waals surface area contributed by atoms with Crippen molar-refractivity contribution in [2.75, 3.05) is 26.2 Å². The van der Waals surface area contributed by atoms with Gasteiger partial charge in [0.2, 0.25) is 0 Å². The van der Waals surface area contributed by atoms with E-state index in [0.717, 1.165) is 96.4 Å². The molecule has 6 heteroatoms. The number of furan rings is 2. The van der Waals surface area contributed by atoms with Crippen LogP contribution in [0.5, 0.6) is 0 Å². The molecular weight excluding hydrogens is 458 g/mol. The summed E-state index contributed by atoms with van der Waals surface area (Å²) in [4.78, 5) is 0. The minimum atomic E-state index is -0.198. The maximum Gasteiger partial charge on any atom is 0.141 e. The number of aryl methyl sites for hydroxylation is 2. The molecule has 0 saturated carbocycles. The lowest BCUT2D eigenvalue weighted by molar-refractivity contribution is 0.575. The van der Waals surface area contributed by atoms with Crippen molar-refractivity contribution in [3.05, 3.63) is 82.8 Å². The zero-order valence-electron chi connectivity index (χ0n) is 20.8. The fourth-order valence-electron chi connectivity index (χ4n) is 5.06. The van der Waals surface area contributed by atoms with Crippen molar-refractivity contribution in [3.63, 3.8) is 0 Å². The van der Waals surface area contributed by atoms with Crippen molar-refractivity contribution in [3.8, 4) is 0 Å². The SMILES string of the molecule is Cc1cc2cc(F)cc(C3=CCCNCC3)c2o1.Cc1cc2cc(F)cc(C3=CCNCCC3)c2o1. The molecule has 0 radical (unpaired) electrons. The molecule has 0 fully saturated rings. The molecule has 2 aliphatic heterocycles. The van der Waals surface area contributed by atoms with Crippen molar-refractivity contribution in [2.45, 2.75) is 39.5 Å². The van der Waals surface area contributed by atoms with Gasteiger partial charge in [-0.15, -0.1) is 0 Å². The Morgan fingerprint density at radius 3 is 1.92 bits per heavy atom. The highest BCUT2D eigenvalue weighted by molar-refractivity contribution is 5.91. The van der Waals surface area contributed by atoms with Crippen LogP contribution in [0.3, 0.4) is 0 Å². The summed E-state index contributed by atoms with van der Waals surface area (Å²) in [5.41, 5.74) is 5.78. The number of hydrogen-bond acceptors (Lipinski definition) is 4. The van der Waals surface area contributed by atoms with Gasteiger partial charge in [-0.1, -0.05) is 12.2 Å². The molecule has 0 atom stereocenters. The van der Waals surface area contributed by atoms with Gasteiger partial charge in [0.15, 0.2) is 0 Å². The molecule has 0 saturated heterocycles. The second kappa shape index (κ2) is 10.8.